The van der Waals surface area contributed by atoms with Crippen LogP contribution in [-0.2, 0) is 11.4 Å². The second-order valence-corrected chi connectivity index (χ2v) is 7.87. The van der Waals surface area contributed by atoms with Crippen LogP contribution < -0.4 is 4.74 Å². The van der Waals surface area contributed by atoms with Crippen LogP contribution in [0.25, 0.3) is 0 Å². The van der Waals surface area contributed by atoms with Crippen LogP contribution in [0.1, 0.15) is 40.9 Å². The number of aromatic nitrogens is 1. The molecule has 1 saturated carbocycles. The fourth-order valence-corrected chi connectivity index (χ4v) is 4.09. The summed E-state index contributed by atoms with van der Waals surface area (Å²) >= 11 is 0. The number of carboxylic acids is 1. The van der Waals surface area contributed by atoms with Gasteiger partial charge in [0.1, 0.15) is 12.4 Å². The van der Waals surface area contributed by atoms with Gasteiger partial charge in [0.15, 0.2) is 0 Å². The lowest BCUT2D eigenvalue weighted by atomic mass is 9.90. The van der Waals surface area contributed by atoms with Crippen LogP contribution in [0.4, 0.5) is 0 Å². The Morgan fingerprint density at radius 3 is 2.68 bits per heavy atom. The number of ether oxygens (including phenoxy) is 1. The number of benzene rings is 1. The van der Waals surface area contributed by atoms with Crippen molar-refractivity contribution in [3.8, 4) is 5.75 Å². The molecule has 28 heavy (non-hydrogen) atoms. The van der Waals surface area contributed by atoms with E-state index in [-0.39, 0.29) is 17.2 Å². The number of aliphatic carboxylic acids is 1. The minimum absolute atomic E-state index is 0.00114. The zero-order chi connectivity index (χ0) is 19.7. The molecule has 2 aliphatic rings. The standard InChI is InChI=1S/C22H24N2O4/c1-15-5-6-18(13-23-15)28-14-16-3-2-4-17(11-16)20(25)24-9-7-22(8-10-24)12-19(22)21(26)27/h2-6,11,13,19H,7-10,12,14H2,1H3,(H,26,27). The minimum Gasteiger partial charge on any atom is -0.487 e. The topological polar surface area (TPSA) is 79.7 Å². The van der Waals surface area contributed by atoms with Gasteiger partial charge in [-0.05, 0) is 61.4 Å². The summed E-state index contributed by atoms with van der Waals surface area (Å²) in [5.74, 6) is -0.222. The molecule has 1 aliphatic heterocycles. The van der Waals surface area contributed by atoms with Gasteiger partial charge in [-0.3, -0.25) is 14.6 Å². The van der Waals surface area contributed by atoms with E-state index in [0.717, 1.165) is 30.5 Å². The lowest BCUT2D eigenvalue weighted by Crippen LogP contribution is -2.40. The third-order valence-corrected chi connectivity index (χ3v) is 6.00. The fraction of sp³-hybridized carbons (Fsp3) is 0.409. The zero-order valence-electron chi connectivity index (χ0n) is 15.9. The highest BCUT2D eigenvalue weighted by molar-refractivity contribution is 5.94. The van der Waals surface area contributed by atoms with E-state index in [0.29, 0.717) is 31.0 Å². The van der Waals surface area contributed by atoms with E-state index in [9.17, 15) is 14.7 Å². The molecule has 1 aliphatic carbocycles. The molecule has 2 aromatic rings. The van der Waals surface area contributed by atoms with Crippen molar-refractivity contribution >= 4 is 11.9 Å². The second-order valence-electron chi connectivity index (χ2n) is 7.87. The molecule has 1 aromatic carbocycles. The van der Waals surface area contributed by atoms with Crippen molar-refractivity contribution < 1.29 is 19.4 Å². The van der Waals surface area contributed by atoms with Gasteiger partial charge in [0.05, 0.1) is 12.1 Å². The molecule has 2 fully saturated rings. The molecule has 0 bridgehead atoms. The number of carbonyl (C=O) groups excluding carboxylic acids is 1. The first-order chi connectivity index (χ1) is 13.5. The lowest BCUT2D eigenvalue weighted by Gasteiger charge is -2.32. The summed E-state index contributed by atoms with van der Waals surface area (Å²) in [7, 11) is 0. The molecule has 1 N–H and O–H groups in total. The molecule has 146 valence electrons. The smallest absolute Gasteiger partial charge is 0.307 e. The summed E-state index contributed by atoms with van der Waals surface area (Å²) in [5.41, 5.74) is 2.43. The first-order valence-corrected chi connectivity index (χ1v) is 9.63. The lowest BCUT2D eigenvalue weighted by molar-refractivity contribution is -0.139. The molecular formula is C22H24N2O4. The first-order valence-electron chi connectivity index (χ1n) is 9.63. The van der Waals surface area contributed by atoms with E-state index < -0.39 is 5.97 Å². The maximum atomic E-state index is 12.9. The van der Waals surface area contributed by atoms with Crippen molar-refractivity contribution in [3.63, 3.8) is 0 Å². The molecule has 1 saturated heterocycles. The Kier molecular flexibility index (Phi) is 4.79. The van der Waals surface area contributed by atoms with Crippen molar-refractivity contribution in [2.75, 3.05) is 13.1 Å². The molecule has 1 unspecified atom stereocenters. The van der Waals surface area contributed by atoms with E-state index in [1.807, 2.05) is 48.2 Å². The molecule has 6 heteroatoms. The summed E-state index contributed by atoms with van der Waals surface area (Å²) < 4.78 is 5.75. The number of hydrogen-bond donors (Lipinski definition) is 1. The van der Waals surface area contributed by atoms with Gasteiger partial charge in [-0.15, -0.1) is 0 Å². The molecule has 1 amide bonds. The number of rotatable bonds is 5. The van der Waals surface area contributed by atoms with Gasteiger partial charge >= 0.3 is 5.97 Å². The average molecular weight is 380 g/mol. The summed E-state index contributed by atoms with van der Waals surface area (Å²) in [4.78, 5) is 30.1. The first kappa shape index (κ1) is 18.5. The number of amides is 1. The summed E-state index contributed by atoms with van der Waals surface area (Å²) in [6.07, 6.45) is 4.00. The Bertz CT molecular complexity index is 886. The molecule has 0 radical (unpaired) electrons. The van der Waals surface area contributed by atoms with Gasteiger partial charge in [0, 0.05) is 24.3 Å². The van der Waals surface area contributed by atoms with Gasteiger partial charge in [-0.25, -0.2) is 0 Å². The zero-order valence-corrected chi connectivity index (χ0v) is 15.9. The highest BCUT2D eigenvalue weighted by Gasteiger charge is 2.59. The van der Waals surface area contributed by atoms with Crippen LogP contribution in [0.15, 0.2) is 42.6 Å². The van der Waals surface area contributed by atoms with Gasteiger partial charge in [-0.1, -0.05) is 12.1 Å². The van der Waals surface area contributed by atoms with E-state index in [1.54, 1.807) is 6.20 Å². The van der Waals surface area contributed by atoms with Crippen molar-refractivity contribution in [1.29, 1.82) is 0 Å². The Hall–Kier alpha value is -2.89. The number of pyridine rings is 1. The Balaban J connectivity index is 1.35. The largest absolute Gasteiger partial charge is 0.487 e. The normalized spacial score (nSPS) is 20.0. The van der Waals surface area contributed by atoms with E-state index in [4.69, 9.17) is 4.74 Å². The molecule has 4 rings (SSSR count). The summed E-state index contributed by atoms with van der Waals surface area (Å²) in [5, 5.41) is 9.20. The van der Waals surface area contributed by atoms with Crippen LogP contribution in [0.3, 0.4) is 0 Å². The Morgan fingerprint density at radius 2 is 2.04 bits per heavy atom. The average Bonchev–Trinajstić information content (AvgIpc) is 3.41. The summed E-state index contributed by atoms with van der Waals surface area (Å²) in [6, 6.07) is 11.3. The molecule has 6 nitrogen and oxygen atoms in total. The number of aryl methyl sites for hydroxylation is 1. The number of likely N-dealkylation sites (tertiary alicyclic amines) is 1. The number of nitrogens with zero attached hydrogens (tertiary/aromatic N) is 2. The summed E-state index contributed by atoms with van der Waals surface area (Å²) in [6.45, 7) is 3.54. The molecule has 2 heterocycles. The second kappa shape index (κ2) is 7.26. The minimum atomic E-state index is -0.698. The Morgan fingerprint density at radius 1 is 1.25 bits per heavy atom. The van der Waals surface area contributed by atoms with Crippen LogP contribution in [0.2, 0.25) is 0 Å². The number of carbonyl (C=O) groups is 2. The van der Waals surface area contributed by atoms with Crippen LogP contribution in [-0.4, -0.2) is 40.0 Å². The van der Waals surface area contributed by atoms with Crippen molar-refractivity contribution in [1.82, 2.24) is 9.88 Å². The van der Waals surface area contributed by atoms with E-state index >= 15 is 0 Å². The van der Waals surface area contributed by atoms with Gasteiger partial charge in [0.25, 0.3) is 5.91 Å². The molecule has 1 aromatic heterocycles. The fourth-order valence-electron chi connectivity index (χ4n) is 4.09. The number of piperidine rings is 1. The molecular weight excluding hydrogens is 356 g/mol. The van der Waals surface area contributed by atoms with Crippen molar-refractivity contribution in [2.45, 2.75) is 32.8 Å². The number of carboxylic acid groups (broad SMARTS) is 1. The maximum absolute atomic E-state index is 12.9. The van der Waals surface area contributed by atoms with Crippen molar-refractivity contribution in [2.24, 2.45) is 11.3 Å². The van der Waals surface area contributed by atoms with Gasteiger partial charge in [0.2, 0.25) is 0 Å². The third-order valence-electron chi connectivity index (χ3n) is 6.00. The molecule has 1 spiro atoms. The highest BCUT2D eigenvalue weighted by Crippen LogP contribution is 2.59. The van der Waals surface area contributed by atoms with Crippen LogP contribution in [0.5, 0.6) is 5.75 Å². The molecule has 1 atom stereocenters. The van der Waals surface area contributed by atoms with Crippen molar-refractivity contribution in [3.05, 3.63) is 59.4 Å². The van der Waals surface area contributed by atoms with E-state index in [2.05, 4.69) is 4.98 Å². The maximum Gasteiger partial charge on any atom is 0.307 e. The third kappa shape index (κ3) is 3.72. The van der Waals surface area contributed by atoms with Gasteiger partial charge < -0.3 is 14.7 Å². The SMILES string of the molecule is Cc1ccc(OCc2cccc(C(=O)N3CCC4(CC3)CC4C(=O)O)c2)cn1. The van der Waals surface area contributed by atoms with Crippen LogP contribution in [0, 0.1) is 18.3 Å². The van der Waals surface area contributed by atoms with Gasteiger partial charge in [-0.2, -0.15) is 0 Å². The predicted molar refractivity (Wildman–Crippen MR) is 103 cm³/mol. The van der Waals surface area contributed by atoms with Crippen LogP contribution >= 0.6 is 0 Å². The number of hydrogen-bond acceptors (Lipinski definition) is 4. The Labute approximate surface area is 164 Å². The van der Waals surface area contributed by atoms with E-state index in [1.165, 1.54) is 0 Å². The quantitative estimate of drug-likeness (QED) is 0.861. The monoisotopic (exact) mass is 380 g/mol. The highest BCUT2D eigenvalue weighted by atomic mass is 16.5. The predicted octanol–water partition coefficient (Wildman–Crippen LogP) is 3.30.